The molecule has 0 aromatic carbocycles. The molecular formula is C11H18N2O. The van der Waals surface area contributed by atoms with Crippen molar-refractivity contribution in [2.75, 3.05) is 18.5 Å². The number of hydrogen-bond donors (Lipinski definition) is 2. The zero-order chi connectivity index (χ0) is 10.2. The van der Waals surface area contributed by atoms with Crippen LogP contribution in [-0.4, -0.2) is 23.2 Å². The first-order valence-electron chi connectivity index (χ1n) is 5.10. The van der Waals surface area contributed by atoms with Crippen molar-refractivity contribution in [3.05, 3.63) is 23.9 Å². The van der Waals surface area contributed by atoms with E-state index in [0.717, 1.165) is 31.6 Å². The van der Waals surface area contributed by atoms with Gasteiger partial charge in [0.2, 0.25) is 0 Å². The zero-order valence-electron chi connectivity index (χ0n) is 8.66. The van der Waals surface area contributed by atoms with Gasteiger partial charge in [-0.15, -0.1) is 0 Å². The number of nitrogens with one attached hydrogen (secondary N) is 1. The van der Waals surface area contributed by atoms with Crippen LogP contribution in [0.25, 0.3) is 0 Å². The highest BCUT2D eigenvalue weighted by molar-refractivity contribution is 5.36. The Morgan fingerprint density at radius 2 is 2.21 bits per heavy atom. The molecule has 0 bridgehead atoms. The standard InChI is InChI=1S/C11H18N2O/c1-10-5-7-13-11(9-10)12-6-3-2-4-8-14/h5,7,9,14H,2-4,6,8H2,1H3,(H,12,13). The third-order valence-corrected chi connectivity index (χ3v) is 2.06. The van der Waals surface area contributed by atoms with Crippen molar-refractivity contribution >= 4 is 5.82 Å². The van der Waals surface area contributed by atoms with Gasteiger partial charge in [0.15, 0.2) is 0 Å². The van der Waals surface area contributed by atoms with Crippen LogP contribution < -0.4 is 5.32 Å². The van der Waals surface area contributed by atoms with Gasteiger partial charge in [0.1, 0.15) is 5.82 Å². The summed E-state index contributed by atoms with van der Waals surface area (Å²) in [4.78, 5) is 4.20. The number of pyridine rings is 1. The van der Waals surface area contributed by atoms with Crippen LogP contribution in [0, 0.1) is 6.92 Å². The minimum absolute atomic E-state index is 0.294. The van der Waals surface area contributed by atoms with E-state index in [2.05, 4.69) is 17.2 Å². The van der Waals surface area contributed by atoms with Gasteiger partial charge in [0.25, 0.3) is 0 Å². The number of anilines is 1. The second-order valence-electron chi connectivity index (χ2n) is 3.43. The minimum Gasteiger partial charge on any atom is -0.396 e. The molecule has 1 aromatic rings. The monoisotopic (exact) mass is 194 g/mol. The molecule has 2 N–H and O–H groups in total. The van der Waals surface area contributed by atoms with E-state index in [9.17, 15) is 0 Å². The van der Waals surface area contributed by atoms with Gasteiger partial charge in [0, 0.05) is 19.3 Å². The maximum absolute atomic E-state index is 8.59. The Kier molecular flexibility index (Phi) is 5.00. The highest BCUT2D eigenvalue weighted by atomic mass is 16.2. The SMILES string of the molecule is Cc1ccnc(NCCCCCO)c1. The van der Waals surface area contributed by atoms with Crippen LogP contribution >= 0.6 is 0 Å². The van der Waals surface area contributed by atoms with Gasteiger partial charge in [-0.25, -0.2) is 4.98 Å². The molecule has 0 aliphatic carbocycles. The Morgan fingerprint density at radius 1 is 1.36 bits per heavy atom. The summed E-state index contributed by atoms with van der Waals surface area (Å²) >= 11 is 0. The van der Waals surface area contributed by atoms with E-state index in [4.69, 9.17) is 5.11 Å². The normalized spacial score (nSPS) is 10.1. The smallest absolute Gasteiger partial charge is 0.126 e. The predicted molar refractivity (Wildman–Crippen MR) is 58.4 cm³/mol. The maximum Gasteiger partial charge on any atom is 0.126 e. The van der Waals surface area contributed by atoms with Gasteiger partial charge in [-0.05, 0) is 43.9 Å². The third kappa shape index (κ3) is 4.23. The first kappa shape index (κ1) is 11.0. The molecular weight excluding hydrogens is 176 g/mol. The number of aromatic nitrogens is 1. The van der Waals surface area contributed by atoms with Gasteiger partial charge >= 0.3 is 0 Å². The Balaban J connectivity index is 2.18. The average Bonchev–Trinajstić information content (AvgIpc) is 2.18. The molecule has 3 heteroatoms. The molecule has 0 spiro atoms. The Bertz CT molecular complexity index is 263. The van der Waals surface area contributed by atoms with E-state index in [1.807, 2.05) is 18.3 Å². The van der Waals surface area contributed by atoms with Crippen LogP contribution in [0.1, 0.15) is 24.8 Å². The fraction of sp³-hybridized carbons (Fsp3) is 0.545. The highest BCUT2D eigenvalue weighted by Crippen LogP contribution is 2.05. The van der Waals surface area contributed by atoms with Crippen LogP contribution in [0.5, 0.6) is 0 Å². The molecule has 0 saturated carbocycles. The van der Waals surface area contributed by atoms with E-state index in [1.54, 1.807) is 0 Å². The fourth-order valence-corrected chi connectivity index (χ4v) is 1.26. The van der Waals surface area contributed by atoms with Crippen LogP contribution in [-0.2, 0) is 0 Å². The molecule has 1 aromatic heterocycles. The molecule has 0 aliphatic heterocycles. The van der Waals surface area contributed by atoms with Crippen molar-refractivity contribution in [3.63, 3.8) is 0 Å². The minimum atomic E-state index is 0.294. The summed E-state index contributed by atoms with van der Waals surface area (Å²) < 4.78 is 0. The number of aliphatic hydroxyl groups excluding tert-OH is 1. The van der Waals surface area contributed by atoms with Gasteiger partial charge in [-0.2, -0.15) is 0 Å². The molecule has 0 saturated heterocycles. The summed E-state index contributed by atoms with van der Waals surface area (Å²) in [5, 5.41) is 11.8. The summed E-state index contributed by atoms with van der Waals surface area (Å²) in [6.45, 7) is 3.28. The molecule has 1 heterocycles. The lowest BCUT2D eigenvalue weighted by Gasteiger charge is -2.05. The van der Waals surface area contributed by atoms with Crippen LogP contribution in [0.3, 0.4) is 0 Å². The first-order valence-corrected chi connectivity index (χ1v) is 5.10. The lowest BCUT2D eigenvalue weighted by Crippen LogP contribution is -2.03. The molecule has 0 atom stereocenters. The molecule has 0 radical (unpaired) electrons. The largest absolute Gasteiger partial charge is 0.396 e. The summed E-state index contributed by atoms with van der Waals surface area (Å²) in [5.74, 6) is 0.939. The van der Waals surface area contributed by atoms with E-state index < -0.39 is 0 Å². The number of hydrogen-bond acceptors (Lipinski definition) is 3. The molecule has 0 aliphatic rings. The van der Waals surface area contributed by atoms with Crippen molar-refractivity contribution in [2.24, 2.45) is 0 Å². The van der Waals surface area contributed by atoms with Crippen molar-refractivity contribution in [3.8, 4) is 0 Å². The second-order valence-corrected chi connectivity index (χ2v) is 3.43. The van der Waals surface area contributed by atoms with Gasteiger partial charge < -0.3 is 10.4 Å². The van der Waals surface area contributed by atoms with Crippen molar-refractivity contribution in [2.45, 2.75) is 26.2 Å². The fourth-order valence-electron chi connectivity index (χ4n) is 1.26. The van der Waals surface area contributed by atoms with Crippen molar-refractivity contribution in [1.82, 2.24) is 4.98 Å². The van der Waals surface area contributed by atoms with E-state index in [0.29, 0.717) is 6.61 Å². The Hall–Kier alpha value is -1.09. The topological polar surface area (TPSA) is 45.2 Å². The lowest BCUT2D eigenvalue weighted by atomic mass is 10.2. The Morgan fingerprint density at radius 3 is 2.93 bits per heavy atom. The second kappa shape index (κ2) is 6.38. The van der Waals surface area contributed by atoms with Crippen molar-refractivity contribution < 1.29 is 5.11 Å². The molecule has 3 nitrogen and oxygen atoms in total. The summed E-state index contributed by atoms with van der Waals surface area (Å²) in [5.41, 5.74) is 1.22. The highest BCUT2D eigenvalue weighted by Gasteiger charge is 1.93. The number of rotatable bonds is 6. The summed E-state index contributed by atoms with van der Waals surface area (Å²) in [6.07, 6.45) is 4.85. The van der Waals surface area contributed by atoms with Gasteiger partial charge in [-0.3, -0.25) is 0 Å². The van der Waals surface area contributed by atoms with E-state index in [1.165, 1.54) is 5.56 Å². The predicted octanol–water partition coefficient (Wildman–Crippen LogP) is 1.96. The molecule has 78 valence electrons. The molecule has 0 unspecified atom stereocenters. The zero-order valence-corrected chi connectivity index (χ0v) is 8.66. The molecule has 14 heavy (non-hydrogen) atoms. The van der Waals surface area contributed by atoms with Crippen LogP contribution in [0.4, 0.5) is 5.82 Å². The Labute approximate surface area is 85.2 Å². The molecule has 0 amide bonds. The molecule has 0 fully saturated rings. The van der Waals surface area contributed by atoms with E-state index >= 15 is 0 Å². The summed E-state index contributed by atoms with van der Waals surface area (Å²) in [7, 11) is 0. The van der Waals surface area contributed by atoms with E-state index in [-0.39, 0.29) is 0 Å². The van der Waals surface area contributed by atoms with Crippen LogP contribution in [0.2, 0.25) is 0 Å². The first-order chi connectivity index (χ1) is 6.83. The third-order valence-electron chi connectivity index (χ3n) is 2.06. The molecule has 1 rings (SSSR count). The number of unbranched alkanes of at least 4 members (excludes halogenated alkanes) is 2. The number of aliphatic hydroxyl groups is 1. The lowest BCUT2D eigenvalue weighted by molar-refractivity contribution is 0.283. The van der Waals surface area contributed by atoms with Gasteiger partial charge in [0.05, 0.1) is 0 Å². The van der Waals surface area contributed by atoms with Crippen molar-refractivity contribution in [1.29, 1.82) is 0 Å². The number of aryl methyl sites for hydroxylation is 1. The van der Waals surface area contributed by atoms with Gasteiger partial charge in [-0.1, -0.05) is 0 Å². The average molecular weight is 194 g/mol. The van der Waals surface area contributed by atoms with Crippen LogP contribution in [0.15, 0.2) is 18.3 Å². The summed E-state index contributed by atoms with van der Waals surface area (Å²) in [6, 6.07) is 4.02. The number of nitrogens with zero attached hydrogens (tertiary/aromatic N) is 1. The maximum atomic E-state index is 8.59. The quantitative estimate of drug-likeness (QED) is 0.680.